The molecule has 0 bridgehead atoms. The van der Waals surface area contributed by atoms with Crippen molar-refractivity contribution in [1.82, 2.24) is 20.8 Å². The minimum Gasteiger partial charge on any atom is -0.467 e. The molecule has 2 aromatic rings. The van der Waals surface area contributed by atoms with Crippen LogP contribution in [0.2, 0.25) is 0 Å². The van der Waals surface area contributed by atoms with Gasteiger partial charge in [-0.05, 0) is 38.8 Å². The number of aryl methyl sites for hydroxylation is 2. The molecule has 0 aromatic carbocycles. The molecule has 8 nitrogen and oxygen atoms in total. The zero-order valence-corrected chi connectivity index (χ0v) is 17.7. The summed E-state index contributed by atoms with van der Waals surface area (Å²) in [6.45, 7) is 7.36. The summed E-state index contributed by atoms with van der Waals surface area (Å²) < 4.78 is 15.9. The average molecular weight is 477 g/mol. The molecule has 0 atom stereocenters. The third-order valence-corrected chi connectivity index (χ3v) is 3.31. The van der Waals surface area contributed by atoms with E-state index in [0.717, 1.165) is 44.1 Å². The zero-order chi connectivity index (χ0) is 17.7. The van der Waals surface area contributed by atoms with Gasteiger partial charge in [0.25, 0.3) is 0 Å². The molecule has 0 aliphatic rings. The Balaban J connectivity index is 0.00000338. The van der Waals surface area contributed by atoms with Crippen molar-refractivity contribution >= 4 is 29.9 Å². The van der Waals surface area contributed by atoms with Gasteiger partial charge in [0.1, 0.15) is 12.4 Å². The van der Waals surface area contributed by atoms with Gasteiger partial charge in [0.15, 0.2) is 11.8 Å². The van der Waals surface area contributed by atoms with Gasteiger partial charge in [0.05, 0.1) is 6.26 Å². The summed E-state index contributed by atoms with van der Waals surface area (Å²) in [4.78, 5) is 8.72. The maximum atomic E-state index is 5.55. The molecule has 0 fully saturated rings. The molecule has 2 rings (SSSR count). The maximum Gasteiger partial charge on any atom is 0.226 e. The van der Waals surface area contributed by atoms with Crippen molar-refractivity contribution in [2.75, 3.05) is 26.2 Å². The van der Waals surface area contributed by atoms with E-state index in [2.05, 4.69) is 25.8 Å². The van der Waals surface area contributed by atoms with Gasteiger partial charge in [-0.25, -0.2) is 0 Å². The molecule has 0 spiro atoms. The summed E-state index contributed by atoms with van der Waals surface area (Å²) in [5.74, 6) is 3.00. The Kier molecular flexibility index (Phi) is 11.7. The highest BCUT2D eigenvalue weighted by atomic mass is 127. The van der Waals surface area contributed by atoms with Crippen LogP contribution in [0.15, 0.2) is 32.3 Å². The number of rotatable bonds is 11. The Morgan fingerprint density at radius 1 is 1.31 bits per heavy atom. The van der Waals surface area contributed by atoms with Crippen LogP contribution in [0.25, 0.3) is 0 Å². The zero-order valence-electron chi connectivity index (χ0n) is 15.4. The van der Waals surface area contributed by atoms with Crippen molar-refractivity contribution in [2.45, 2.75) is 39.7 Å². The molecule has 146 valence electrons. The monoisotopic (exact) mass is 477 g/mol. The summed E-state index contributed by atoms with van der Waals surface area (Å²) in [5.41, 5.74) is 0. The second-order valence-corrected chi connectivity index (χ2v) is 5.51. The lowest BCUT2D eigenvalue weighted by molar-refractivity contribution is 0.105. The first-order valence-corrected chi connectivity index (χ1v) is 8.69. The third-order valence-electron chi connectivity index (χ3n) is 3.31. The standard InChI is InChI=1S/C17H27N5O3.HI/c1-3-18-17(19-9-4-8-16-21-14(2)22-25-16)20-10-6-11-23-13-15-7-5-12-24-15;/h5,7,12H,3-4,6,8-11,13H2,1-2H3,(H2,18,19,20);1H. The minimum absolute atomic E-state index is 0. The van der Waals surface area contributed by atoms with Gasteiger partial charge in [-0.2, -0.15) is 4.98 Å². The lowest BCUT2D eigenvalue weighted by Crippen LogP contribution is -2.38. The predicted molar refractivity (Wildman–Crippen MR) is 110 cm³/mol. The molecule has 0 radical (unpaired) electrons. The first kappa shape index (κ1) is 22.4. The van der Waals surface area contributed by atoms with E-state index in [4.69, 9.17) is 13.7 Å². The number of halogens is 1. The molecule has 9 heteroatoms. The van der Waals surface area contributed by atoms with Crippen LogP contribution in [0.5, 0.6) is 0 Å². The molecule has 0 saturated carbocycles. The van der Waals surface area contributed by atoms with E-state index < -0.39 is 0 Å². The van der Waals surface area contributed by atoms with E-state index in [1.54, 1.807) is 6.26 Å². The summed E-state index contributed by atoms with van der Waals surface area (Å²) in [6.07, 6.45) is 4.15. The van der Waals surface area contributed by atoms with Crippen LogP contribution >= 0.6 is 24.0 Å². The lowest BCUT2D eigenvalue weighted by atomic mass is 10.3. The van der Waals surface area contributed by atoms with Crippen LogP contribution in [-0.4, -0.2) is 42.3 Å². The molecular formula is C17H28IN5O3. The fraction of sp³-hybridized carbons (Fsp3) is 0.588. The fourth-order valence-electron chi connectivity index (χ4n) is 2.15. The number of nitrogens with zero attached hydrogens (tertiary/aromatic N) is 3. The number of aliphatic imine (C=N–C) groups is 1. The number of guanidine groups is 1. The molecule has 2 heterocycles. The number of aromatic nitrogens is 2. The highest BCUT2D eigenvalue weighted by Crippen LogP contribution is 2.02. The maximum absolute atomic E-state index is 5.55. The second kappa shape index (κ2) is 13.6. The quantitative estimate of drug-likeness (QED) is 0.222. The number of ether oxygens (including phenoxy) is 1. The lowest BCUT2D eigenvalue weighted by Gasteiger charge is -2.11. The Morgan fingerprint density at radius 2 is 2.19 bits per heavy atom. The van der Waals surface area contributed by atoms with Crippen LogP contribution in [0.1, 0.15) is 37.2 Å². The van der Waals surface area contributed by atoms with Crippen LogP contribution < -0.4 is 10.6 Å². The van der Waals surface area contributed by atoms with Gasteiger partial charge in [-0.3, -0.25) is 4.99 Å². The molecule has 0 saturated heterocycles. The molecule has 2 N–H and O–H groups in total. The number of hydrogen-bond donors (Lipinski definition) is 2. The summed E-state index contributed by atoms with van der Waals surface area (Å²) >= 11 is 0. The van der Waals surface area contributed by atoms with Crippen molar-refractivity contribution in [3.8, 4) is 0 Å². The Hall–Kier alpha value is -1.62. The number of furan rings is 1. The Morgan fingerprint density at radius 3 is 2.88 bits per heavy atom. The first-order valence-electron chi connectivity index (χ1n) is 8.69. The molecule has 0 amide bonds. The molecule has 0 aliphatic heterocycles. The molecule has 0 aliphatic carbocycles. The largest absolute Gasteiger partial charge is 0.467 e. The fourth-order valence-corrected chi connectivity index (χ4v) is 2.15. The van der Waals surface area contributed by atoms with E-state index in [9.17, 15) is 0 Å². The van der Waals surface area contributed by atoms with E-state index in [0.29, 0.717) is 31.5 Å². The van der Waals surface area contributed by atoms with E-state index in [-0.39, 0.29) is 24.0 Å². The van der Waals surface area contributed by atoms with Gasteiger partial charge < -0.3 is 24.3 Å². The van der Waals surface area contributed by atoms with Gasteiger partial charge in [0.2, 0.25) is 5.89 Å². The van der Waals surface area contributed by atoms with Crippen LogP contribution in [0, 0.1) is 6.92 Å². The van der Waals surface area contributed by atoms with E-state index >= 15 is 0 Å². The number of nitrogens with one attached hydrogen (secondary N) is 2. The summed E-state index contributed by atoms with van der Waals surface area (Å²) in [5, 5.41) is 10.3. The SMILES string of the molecule is CCNC(=NCCCc1nc(C)no1)NCCCOCc1ccco1.I. The molecule has 26 heavy (non-hydrogen) atoms. The van der Waals surface area contributed by atoms with Gasteiger partial charge in [-0.1, -0.05) is 5.16 Å². The minimum atomic E-state index is 0. The highest BCUT2D eigenvalue weighted by molar-refractivity contribution is 14.0. The van der Waals surface area contributed by atoms with Crippen LogP contribution in [0.3, 0.4) is 0 Å². The van der Waals surface area contributed by atoms with Crippen molar-refractivity contribution < 1.29 is 13.7 Å². The molecule has 0 unspecified atom stereocenters. The topological polar surface area (TPSA) is 97.7 Å². The first-order chi connectivity index (χ1) is 12.3. The second-order valence-electron chi connectivity index (χ2n) is 5.51. The van der Waals surface area contributed by atoms with Crippen LogP contribution in [0.4, 0.5) is 0 Å². The average Bonchev–Trinajstić information content (AvgIpc) is 3.26. The third kappa shape index (κ3) is 9.18. The summed E-state index contributed by atoms with van der Waals surface area (Å²) in [7, 11) is 0. The van der Waals surface area contributed by atoms with Gasteiger partial charge in [0, 0.05) is 32.7 Å². The normalized spacial score (nSPS) is 11.2. The molecule has 2 aromatic heterocycles. The van der Waals surface area contributed by atoms with Gasteiger partial charge >= 0.3 is 0 Å². The van der Waals surface area contributed by atoms with Crippen molar-refractivity contribution in [1.29, 1.82) is 0 Å². The Labute approximate surface area is 171 Å². The highest BCUT2D eigenvalue weighted by Gasteiger charge is 2.02. The number of hydrogen-bond acceptors (Lipinski definition) is 6. The van der Waals surface area contributed by atoms with E-state index in [1.165, 1.54) is 0 Å². The van der Waals surface area contributed by atoms with Gasteiger partial charge in [-0.15, -0.1) is 24.0 Å². The predicted octanol–water partition coefficient (Wildman–Crippen LogP) is 2.68. The van der Waals surface area contributed by atoms with Crippen molar-refractivity contribution in [3.63, 3.8) is 0 Å². The van der Waals surface area contributed by atoms with Crippen molar-refractivity contribution in [2.24, 2.45) is 4.99 Å². The molecular weight excluding hydrogens is 449 g/mol. The van der Waals surface area contributed by atoms with Crippen molar-refractivity contribution in [3.05, 3.63) is 35.9 Å². The Bertz CT molecular complexity index is 616. The smallest absolute Gasteiger partial charge is 0.226 e. The van der Waals surface area contributed by atoms with E-state index in [1.807, 2.05) is 26.0 Å². The van der Waals surface area contributed by atoms with Crippen LogP contribution in [-0.2, 0) is 17.8 Å². The summed E-state index contributed by atoms with van der Waals surface area (Å²) in [6, 6.07) is 3.77.